The van der Waals surface area contributed by atoms with E-state index in [0.717, 1.165) is 27.9 Å². The number of ether oxygens (including phenoxy) is 1. The topological polar surface area (TPSA) is 67.9 Å². The van der Waals surface area contributed by atoms with Gasteiger partial charge in [0.15, 0.2) is 0 Å². The fourth-order valence-electron chi connectivity index (χ4n) is 2.05. The van der Waals surface area contributed by atoms with Gasteiger partial charge in [0.2, 0.25) is 0 Å². The summed E-state index contributed by atoms with van der Waals surface area (Å²) < 4.78 is 4.96. The predicted octanol–water partition coefficient (Wildman–Crippen LogP) is 2.69. The fourth-order valence-corrected chi connectivity index (χ4v) is 2.05. The van der Waals surface area contributed by atoms with Crippen LogP contribution in [0, 0.1) is 0 Å². The van der Waals surface area contributed by atoms with Crippen LogP contribution in [-0.2, 0) is 16.1 Å². The Morgan fingerprint density at radius 1 is 1.20 bits per heavy atom. The van der Waals surface area contributed by atoms with Crippen molar-refractivity contribution in [2.24, 2.45) is 0 Å². The van der Waals surface area contributed by atoms with Crippen LogP contribution in [-0.4, -0.2) is 20.9 Å². The van der Waals surface area contributed by atoms with E-state index in [4.69, 9.17) is 4.74 Å². The smallest absolute Gasteiger partial charge is 0.302 e. The van der Waals surface area contributed by atoms with Gasteiger partial charge in [-0.2, -0.15) is 0 Å². The Labute approximate surface area is 115 Å². The van der Waals surface area contributed by atoms with Crippen LogP contribution in [0.5, 0.6) is 0 Å². The van der Waals surface area contributed by atoms with Gasteiger partial charge in [-0.25, -0.2) is 9.97 Å². The summed E-state index contributed by atoms with van der Waals surface area (Å²) in [6.45, 7) is 1.69. The highest BCUT2D eigenvalue weighted by Gasteiger charge is 2.07. The number of hydrogen-bond donors (Lipinski definition) is 1. The molecule has 0 radical (unpaired) electrons. The Morgan fingerprint density at radius 2 is 2.00 bits per heavy atom. The van der Waals surface area contributed by atoms with E-state index in [0.29, 0.717) is 6.61 Å². The molecule has 0 bridgehead atoms. The van der Waals surface area contributed by atoms with Crippen molar-refractivity contribution in [2.75, 3.05) is 0 Å². The fraction of sp³-hybridized carbons (Fsp3) is 0.133. The largest absolute Gasteiger partial charge is 0.461 e. The lowest BCUT2D eigenvalue weighted by molar-refractivity contribution is -0.142. The van der Waals surface area contributed by atoms with E-state index in [2.05, 4.69) is 15.0 Å². The molecule has 2 heterocycles. The average molecular weight is 267 g/mol. The molecule has 0 aliphatic carbocycles. The molecular weight excluding hydrogens is 254 g/mol. The molecule has 0 aliphatic rings. The highest BCUT2D eigenvalue weighted by atomic mass is 16.5. The minimum absolute atomic E-state index is 0.279. The Bertz CT molecular complexity index is 747. The minimum atomic E-state index is -0.279. The molecule has 1 N–H and O–H groups in total. The number of H-pyrrole nitrogens is 1. The number of carbonyl (C=O) groups excluding carboxylic acids is 1. The number of aromatic amines is 1. The first-order chi connectivity index (χ1) is 9.74. The summed E-state index contributed by atoms with van der Waals surface area (Å²) in [5.74, 6) is -0.279. The van der Waals surface area contributed by atoms with E-state index in [1.165, 1.54) is 6.92 Å². The molecule has 0 saturated carbocycles. The van der Waals surface area contributed by atoms with Gasteiger partial charge in [-0.3, -0.25) is 4.79 Å². The van der Waals surface area contributed by atoms with Crippen molar-refractivity contribution in [3.8, 4) is 11.3 Å². The third kappa shape index (κ3) is 2.38. The van der Waals surface area contributed by atoms with Gasteiger partial charge in [-0.15, -0.1) is 0 Å². The zero-order chi connectivity index (χ0) is 13.9. The van der Waals surface area contributed by atoms with Crippen molar-refractivity contribution in [2.45, 2.75) is 13.5 Å². The maximum atomic E-state index is 10.8. The van der Waals surface area contributed by atoms with Crippen LogP contribution < -0.4 is 0 Å². The summed E-state index contributed by atoms with van der Waals surface area (Å²) >= 11 is 0. The number of rotatable bonds is 3. The zero-order valence-corrected chi connectivity index (χ0v) is 11.0. The molecule has 20 heavy (non-hydrogen) atoms. The summed E-state index contributed by atoms with van der Waals surface area (Å²) in [6.07, 6.45) is 3.39. The van der Waals surface area contributed by atoms with Gasteiger partial charge < -0.3 is 9.72 Å². The number of fused-ring (bicyclic) bond motifs is 1. The second-order valence-corrected chi connectivity index (χ2v) is 4.44. The Morgan fingerprint density at radius 3 is 2.75 bits per heavy atom. The Hall–Kier alpha value is -2.69. The molecule has 1 aromatic carbocycles. The predicted molar refractivity (Wildman–Crippen MR) is 74.8 cm³/mol. The molecule has 0 saturated heterocycles. The number of nitrogens with zero attached hydrogens (tertiary/aromatic N) is 2. The number of esters is 1. The molecule has 3 aromatic rings. The van der Waals surface area contributed by atoms with E-state index >= 15 is 0 Å². The molecular formula is C15H13N3O2. The van der Waals surface area contributed by atoms with Crippen LogP contribution in [0.15, 0.2) is 42.9 Å². The van der Waals surface area contributed by atoms with E-state index in [9.17, 15) is 4.79 Å². The lowest BCUT2D eigenvalue weighted by atomic mass is 10.1. The van der Waals surface area contributed by atoms with Gasteiger partial charge in [0.25, 0.3) is 0 Å². The quantitative estimate of drug-likeness (QED) is 0.741. The molecule has 0 spiro atoms. The maximum absolute atomic E-state index is 10.8. The van der Waals surface area contributed by atoms with E-state index in [1.54, 1.807) is 6.33 Å². The molecule has 0 fully saturated rings. The van der Waals surface area contributed by atoms with Crippen molar-refractivity contribution in [1.82, 2.24) is 15.0 Å². The summed E-state index contributed by atoms with van der Waals surface area (Å²) in [5.41, 5.74) is 3.65. The van der Waals surface area contributed by atoms with Crippen LogP contribution in [0.2, 0.25) is 0 Å². The van der Waals surface area contributed by atoms with E-state index in [1.807, 2.05) is 36.5 Å². The van der Waals surface area contributed by atoms with Crippen molar-refractivity contribution in [1.29, 1.82) is 0 Å². The van der Waals surface area contributed by atoms with Crippen LogP contribution in [0.4, 0.5) is 0 Å². The molecule has 0 amide bonds. The van der Waals surface area contributed by atoms with Crippen molar-refractivity contribution >= 4 is 17.0 Å². The summed E-state index contributed by atoms with van der Waals surface area (Å²) in [5, 5.41) is 0.986. The van der Waals surface area contributed by atoms with E-state index < -0.39 is 0 Å². The highest BCUT2D eigenvalue weighted by molar-refractivity contribution is 5.90. The second-order valence-electron chi connectivity index (χ2n) is 4.44. The lowest BCUT2D eigenvalue weighted by Gasteiger charge is -2.05. The third-order valence-electron chi connectivity index (χ3n) is 3.02. The number of benzene rings is 1. The first-order valence-corrected chi connectivity index (χ1v) is 6.25. The van der Waals surface area contributed by atoms with Crippen LogP contribution in [0.25, 0.3) is 22.3 Å². The number of hydrogen-bond acceptors (Lipinski definition) is 4. The van der Waals surface area contributed by atoms with Gasteiger partial charge in [-0.1, -0.05) is 24.3 Å². The average Bonchev–Trinajstić information content (AvgIpc) is 2.94. The van der Waals surface area contributed by atoms with Gasteiger partial charge in [0.1, 0.15) is 18.6 Å². The SMILES string of the molecule is CC(=O)OCc1ccc(-c2ncnc3[nH]ccc23)cc1. The number of carbonyl (C=O) groups is 1. The molecule has 5 heteroatoms. The van der Waals surface area contributed by atoms with Gasteiger partial charge in [-0.05, 0) is 11.6 Å². The first kappa shape index (κ1) is 12.3. The summed E-state index contributed by atoms with van der Waals surface area (Å²) in [7, 11) is 0. The second kappa shape index (κ2) is 5.13. The summed E-state index contributed by atoms with van der Waals surface area (Å²) in [4.78, 5) is 22.4. The van der Waals surface area contributed by atoms with Crippen molar-refractivity contribution < 1.29 is 9.53 Å². The van der Waals surface area contributed by atoms with Crippen molar-refractivity contribution in [3.63, 3.8) is 0 Å². The molecule has 0 aliphatic heterocycles. The molecule has 3 rings (SSSR count). The number of nitrogens with one attached hydrogen (secondary N) is 1. The van der Waals surface area contributed by atoms with Gasteiger partial charge in [0.05, 0.1) is 5.69 Å². The monoisotopic (exact) mass is 267 g/mol. The molecule has 5 nitrogen and oxygen atoms in total. The van der Waals surface area contributed by atoms with Gasteiger partial charge in [0, 0.05) is 24.1 Å². The standard InChI is InChI=1S/C15H13N3O2/c1-10(19)20-8-11-2-4-12(5-3-11)14-13-6-7-16-15(13)18-9-17-14/h2-7,9H,8H2,1H3,(H,16,17,18). The van der Waals surface area contributed by atoms with Crippen LogP contribution in [0.3, 0.4) is 0 Å². The van der Waals surface area contributed by atoms with E-state index in [-0.39, 0.29) is 5.97 Å². The first-order valence-electron chi connectivity index (χ1n) is 6.25. The molecule has 2 aromatic heterocycles. The zero-order valence-electron chi connectivity index (χ0n) is 11.0. The highest BCUT2D eigenvalue weighted by Crippen LogP contribution is 2.24. The lowest BCUT2D eigenvalue weighted by Crippen LogP contribution is -1.98. The van der Waals surface area contributed by atoms with Crippen LogP contribution >= 0.6 is 0 Å². The Kier molecular flexibility index (Phi) is 3.16. The normalized spacial score (nSPS) is 10.7. The third-order valence-corrected chi connectivity index (χ3v) is 3.02. The maximum Gasteiger partial charge on any atom is 0.302 e. The minimum Gasteiger partial charge on any atom is -0.461 e. The summed E-state index contributed by atoms with van der Waals surface area (Å²) in [6, 6.07) is 9.75. The molecule has 0 atom stereocenters. The number of aromatic nitrogens is 3. The Balaban J connectivity index is 1.91. The molecule has 0 unspecified atom stereocenters. The molecule has 100 valence electrons. The van der Waals surface area contributed by atoms with Gasteiger partial charge >= 0.3 is 5.97 Å². The van der Waals surface area contributed by atoms with Crippen molar-refractivity contribution in [3.05, 3.63) is 48.4 Å². The van der Waals surface area contributed by atoms with Crippen LogP contribution in [0.1, 0.15) is 12.5 Å².